The minimum atomic E-state index is -2.52. The van der Waals surface area contributed by atoms with Crippen LogP contribution in [0, 0.1) is 0 Å². The maximum atomic E-state index is 6.62. The molecule has 1 aliphatic heterocycles. The zero-order chi connectivity index (χ0) is 34.8. The van der Waals surface area contributed by atoms with E-state index in [4.69, 9.17) is 19.4 Å². The molecule has 0 saturated carbocycles. The zero-order valence-electron chi connectivity index (χ0n) is 28.9. The van der Waals surface area contributed by atoms with E-state index in [1.165, 1.54) is 38.2 Å². The van der Waals surface area contributed by atoms with Crippen LogP contribution in [0.5, 0.6) is 0 Å². The Morgan fingerprint density at radius 1 is 0.404 bits per heavy atom. The summed E-state index contributed by atoms with van der Waals surface area (Å²) >= 11 is 0. The Labute approximate surface area is 303 Å². The van der Waals surface area contributed by atoms with Gasteiger partial charge in [-0.15, -0.1) is 0 Å². The van der Waals surface area contributed by atoms with Crippen LogP contribution in [0.1, 0.15) is 0 Å². The van der Waals surface area contributed by atoms with Crippen molar-refractivity contribution in [1.82, 2.24) is 15.0 Å². The number of fused-ring (bicyclic) bond motifs is 6. The van der Waals surface area contributed by atoms with Gasteiger partial charge in [0.25, 0.3) is 0 Å². The predicted molar refractivity (Wildman–Crippen MR) is 218 cm³/mol. The molecule has 9 aromatic rings. The normalized spacial score (nSPS) is 13.6. The van der Waals surface area contributed by atoms with Gasteiger partial charge in [0.2, 0.25) is 0 Å². The first-order chi connectivity index (χ1) is 25.5. The van der Waals surface area contributed by atoms with Crippen LogP contribution < -0.4 is 10.4 Å². The van der Waals surface area contributed by atoms with Gasteiger partial charge in [0, 0.05) is 0 Å². The van der Waals surface area contributed by atoms with Crippen molar-refractivity contribution < 1.29 is 4.42 Å². The summed E-state index contributed by atoms with van der Waals surface area (Å²) in [5, 5.41) is 4.96. The van der Waals surface area contributed by atoms with E-state index in [1.807, 2.05) is 24.3 Å². The van der Waals surface area contributed by atoms with Gasteiger partial charge < -0.3 is 0 Å². The summed E-state index contributed by atoms with van der Waals surface area (Å²) in [6.45, 7) is 4.95. The van der Waals surface area contributed by atoms with Gasteiger partial charge in [0.1, 0.15) is 0 Å². The summed E-state index contributed by atoms with van der Waals surface area (Å²) in [5.41, 5.74) is 11.9. The van der Waals surface area contributed by atoms with Crippen molar-refractivity contribution in [3.63, 3.8) is 0 Å². The summed E-state index contributed by atoms with van der Waals surface area (Å²) in [4.78, 5) is 15.6. The molecule has 52 heavy (non-hydrogen) atoms. The fraction of sp³-hybridized carbons (Fsp3) is 0.0426. The van der Waals surface area contributed by atoms with Crippen LogP contribution in [0.25, 0.3) is 89.5 Å². The van der Waals surface area contributed by atoms with Gasteiger partial charge in [-0.1, -0.05) is 30.3 Å². The molecule has 0 radical (unpaired) electrons. The molecule has 0 spiro atoms. The minimum absolute atomic E-state index is 0.596. The fourth-order valence-corrected chi connectivity index (χ4v) is 12.2. The standard InChI is InChI=1S/C47H34N3OSi/c1-52(2)42-27-25-34(31-16-8-4-9-17-31)29-40(42)36-21-13-23-38(44(36)52)47-49-45(32-18-10-5-11-19-32)48-46(50-47)37-22-12-20-35-39-28-33(30-14-6-3-7-15-30)24-26-41(39)51-43(35)37/h3-29,52H,1-2H3/q-1. The zero-order valence-corrected chi connectivity index (χ0v) is 30.1. The molecule has 0 saturated heterocycles. The van der Waals surface area contributed by atoms with Gasteiger partial charge in [0.05, 0.1) is 0 Å². The van der Waals surface area contributed by atoms with E-state index in [1.54, 1.807) is 0 Å². The number of aromatic nitrogens is 3. The van der Waals surface area contributed by atoms with Crippen molar-refractivity contribution in [2.24, 2.45) is 0 Å². The van der Waals surface area contributed by atoms with E-state index < -0.39 is 8.07 Å². The molecule has 0 fully saturated rings. The van der Waals surface area contributed by atoms with E-state index in [0.29, 0.717) is 17.5 Å². The van der Waals surface area contributed by atoms with Crippen LogP contribution in [-0.4, -0.2) is 23.0 Å². The van der Waals surface area contributed by atoms with Gasteiger partial charge in [-0.3, -0.25) is 0 Å². The first-order valence-corrected chi connectivity index (χ1v) is 21.4. The van der Waals surface area contributed by atoms with Crippen LogP contribution in [0.4, 0.5) is 0 Å². The number of rotatable bonds is 5. The van der Waals surface area contributed by atoms with E-state index in [2.05, 4.69) is 153 Å². The summed E-state index contributed by atoms with van der Waals surface area (Å²) in [7, 11) is -2.52. The topological polar surface area (TPSA) is 51.8 Å². The SMILES string of the molecule is C[SiH-]1(C)c2ccc(-c3ccccc3)cc2-c2cccc(-c3nc(-c4ccccc4)nc(-c4cccc5c4oc4ccc(-c6ccccc6)cc45)n3)c21. The summed E-state index contributed by atoms with van der Waals surface area (Å²) in [6.07, 6.45) is 0. The van der Waals surface area contributed by atoms with Crippen molar-refractivity contribution >= 4 is 40.4 Å². The van der Waals surface area contributed by atoms with Crippen LogP contribution >= 0.6 is 0 Å². The molecule has 0 amide bonds. The Kier molecular flexibility index (Phi) is 6.91. The molecule has 10 rings (SSSR count). The molecule has 0 N–H and O–H groups in total. The second-order valence-electron chi connectivity index (χ2n) is 14.3. The molecule has 248 valence electrons. The second-order valence-corrected chi connectivity index (χ2v) is 19.3. The Bertz CT molecular complexity index is 2810. The number of benzene rings is 7. The third-order valence-corrected chi connectivity index (χ3v) is 14.9. The molecule has 7 aromatic carbocycles. The maximum absolute atomic E-state index is 6.62. The van der Waals surface area contributed by atoms with Crippen molar-refractivity contribution in [3.05, 3.63) is 164 Å². The van der Waals surface area contributed by atoms with E-state index in [9.17, 15) is 0 Å². The number of furan rings is 1. The van der Waals surface area contributed by atoms with Crippen LogP contribution in [0.3, 0.4) is 0 Å². The average Bonchev–Trinajstić information content (AvgIpc) is 3.70. The third-order valence-electron chi connectivity index (χ3n) is 10.8. The second kappa shape index (κ2) is 11.8. The molecule has 2 aromatic heterocycles. The Morgan fingerprint density at radius 3 is 1.67 bits per heavy atom. The van der Waals surface area contributed by atoms with Crippen molar-refractivity contribution in [2.75, 3.05) is 0 Å². The molecule has 0 aliphatic carbocycles. The molecule has 5 heteroatoms. The summed E-state index contributed by atoms with van der Waals surface area (Å²) in [5.74, 6) is 1.92. The fourth-order valence-electron chi connectivity index (χ4n) is 8.27. The molecule has 3 heterocycles. The van der Waals surface area contributed by atoms with Gasteiger partial charge in [-0.2, -0.15) is 0 Å². The first kappa shape index (κ1) is 30.4. The molecular formula is C47H34N3OSi-. The Balaban J connectivity index is 1.17. The summed E-state index contributed by atoms with van der Waals surface area (Å²) < 4.78 is 6.62. The number of hydrogen-bond acceptors (Lipinski definition) is 4. The summed E-state index contributed by atoms with van der Waals surface area (Å²) in [6, 6.07) is 57.6. The van der Waals surface area contributed by atoms with Crippen molar-refractivity contribution in [2.45, 2.75) is 13.1 Å². The molecule has 1 aliphatic rings. The van der Waals surface area contributed by atoms with Gasteiger partial charge in [-0.05, 0) is 0 Å². The first-order valence-electron chi connectivity index (χ1n) is 17.9. The molecule has 0 bridgehead atoms. The quantitative estimate of drug-likeness (QED) is 0.169. The molecule has 0 atom stereocenters. The average molecular weight is 685 g/mol. The van der Waals surface area contributed by atoms with Crippen LogP contribution in [0.2, 0.25) is 13.1 Å². The number of nitrogens with zero attached hydrogens (tertiary/aromatic N) is 3. The van der Waals surface area contributed by atoms with Crippen molar-refractivity contribution in [3.8, 4) is 67.5 Å². The van der Waals surface area contributed by atoms with Crippen LogP contribution in [0.15, 0.2) is 168 Å². The van der Waals surface area contributed by atoms with Gasteiger partial charge >= 0.3 is 274 Å². The Hall–Kier alpha value is -6.43. The monoisotopic (exact) mass is 684 g/mol. The Morgan fingerprint density at radius 2 is 0.962 bits per heavy atom. The van der Waals surface area contributed by atoms with Crippen LogP contribution in [-0.2, 0) is 0 Å². The number of hydrogen-bond donors (Lipinski definition) is 0. The molecule has 0 unspecified atom stereocenters. The predicted octanol–water partition coefficient (Wildman–Crippen LogP) is 10.6. The number of para-hydroxylation sites is 1. The van der Waals surface area contributed by atoms with E-state index in [0.717, 1.165) is 44.2 Å². The van der Waals surface area contributed by atoms with E-state index in [-0.39, 0.29) is 0 Å². The molecular weight excluding hydrogens is 651 g/mol. The van der Waals surface area contributed by atoms with Gasteiger partial charge in [-0.25, -0.2) is 0 Å². The van der Waals surface area contributed by atoms with E-state index >= 15 is 0 Å². The van der Waals surface area contributed by atoms with Gasteiger partial charge in [0.15, 0.2) is 0 Å². The molecule has 4 nitrogen and oxygen atoms in total. The van der Waals surface area contributed by atoms with Crippen molar-refractivity contribution in [1.29, 1.82) is 0 Å². The third kappa shape index (κ3) is 4.85.